The highest BCUT2D eigenvalue weighted by Crippen LogP contribution is 2.13. The number of hydrogen-bond acceptors (Lipinski definition) is 3. The summed E-state index contributed by atoms with van der Waals surface area (Å²) in [5.74, 6) is 0.698. The number of ether oxygens (including phenoxy) is 1. The minimum absolute atomic E-state index is 0.309. The molecule has 0 aromatic heterocycles. The van der Waals surface area contributed by atoms with Crippen molar-refractivity contribution in [3.05, 3.63) is 0 Å². The molecule has 2 N–H and O–H groups in total. The van der Waals surface area contributed by atoms with E-state index in [1.165, 1.54) is 12.8 Å². The fourth-order valence-corrected chi connectivity index (χ4v) is 1.86. The second-order valence-electron chi connectivity index (χ2n) is 5.43. The van der Waals surface area contributed by atoms with Crippen LogP contribution in [0.2, 0.25) is 0 Å². The van der Waals surface area contributed by atoms with Crippen molar-refractivity contribution >= 4 is 6.09 Å². The van der Waals surface area contributed by atoms with Crippen molar-refractivity contribution in [2.75, 3.05) is 19.6 Å². The van der Waals surface area contributed by atoms with Gasteiger partial charge in [-0.15, -0.1) is 0 Å². The molecule has 0 radical (unpaired) electrons. The van der Waals surface area contributed by atoms with Gasteiger partial charge >= 0.3 is 6.09 Å². The lowest BCUT2D eigenvalue weighted by atomic mass is 9.96. The molecule has 0 saturated carbocycles. The summed E-state index contributed by atoms with van der Waals surface area (Å²) in [6, 6.07) is 0. The van der Waals surface area contributed by atoms with E-state index < -0.39 is 5.60 Å². The van der Waals surface area contributed by atoms with E-state index in [2.05, 4.69) is 10.6 Å². The first-order valence-electron chi connectivity index (χ1n) is 6.15. The average molecular weight is 228 g/mol. The van der Waals surface area contributed by atoms with Gasteiger partial charge < -0.3 is 15.4 Å². The molecule has 0 aliphatic carbocycles. The van der Waals surface area contributed by atoms with E-state index >= 15 is 0 Å². The molecule has 0 spiro atoms. The number of carbonyl (C=O) groups excluding carboxylic acids is 1. The number of rotatable bonds is 3. The van der Waals surface area contributed by atoms with Crippen molar-refractivity contribution < 1.29 is 9.53 Å². The topological polar surface area (TPSA) is 50.4 Å². The molecule has 16 heavy (non-hydrogen) atoms. The lowest BCUT2D eigenvalue weighted by Crippen LogP contribution is -2.35. The van der Waals surface area contributed by atoms with Gasteiger partial charge in [-0.1, -0.05) is 0 Å². The van der Waals surface area contributed by atoms with Crippen molar-refractivity contribution in [1.82, 2.24) is 10.6 Å². The van der Waals surface area contributed by atoms with Crippen LogP contribution in [0.5, 0.6) is 0 Å². The highest BCUT2D eigenvalue weighted by Gasteiger charge is 2.17. The third-order valence-electron chi connectivity index (χ3n) is 2.62. The van der Waals surface area contributed by atoms with Crippen LogP contribution in [0.25, 0.3) is 0 Å². The number of carbonyl (C=O) groups is 1. The van der Waals surface area contributed by atoms with E-state index in [4.69, 9.17) is 4.74 Å². The number of nitrogens with one attached hydrogen (secondary N) is 2. The molecule has 0 bridgehead atoms. The molecule has 0 aromatic rings. The summed E-state index contributed by atoms with van der Waals surface area (Å²) in [4.78, 5) is 11.4. The molecule has 1 heterocycles. The zero-order chi connectivity index (χ0) is 12.0. The first kappa shape index (κ1) is 13.3. The first-order chi connectivity index (χ1) is 7.47. The average Bonchev–Trinajstić information content (AvgIpc) is 2.16. The van der Waals surface area contributed by atoms with Gasteiger partial charge in [0.2, 0.25) is 0 Å². The Morgan fingerprint density at radius 1 is 1.50 bits per heavy atom. The number of hydrogen-bond donors (Lipinski definition) is 2. The Hall–Kier alpha value is -0.770. The summed E-state index contributed by atoms with van der Waals surface area (Å²) >= 11 is 0. The maximum atomic E-state index is 11.4. The standard InChI is InChI=1S/C12H24N2O2/c1-12(2,3)16-11(15)14-8-6-10-5-4-7-13-9-10/h10,13H,4-9H2,1-3H3,(H,14,15)/t10-/m0/s1. The Bertz CT molecular complexity index is 218. The maximum Gasteiger partial charge on any atom is 0.407 e. The third-order valence-corrected chi connectivity index (χ3v) is 2.62. The van der Waals surface area contributed by atoms with Crippen molar-refractivity contribution in [1.29, 1.82) is 0 Å². The molecule has 94 valence electrons. The molecule has 1 aliphatic rings. The van der Waals surface area contributed by atoms with Crippen LogP contribution in [0.3, 0.4) is 0 Å². The maximum absolute atomic E-state index is 11.4. The zero-order valence-corrected chi connectivity index (χ0v) is 10.6. The van der Waals surface area contributed by atoms with E-state index in [0.717, 1.165) is 19.5 Å². The summed E-state index contributed by atoms with van der Waals surface area (Å²) in [5, 5.41) is 6.16. The van der Waals surface area contributed by atoms with Crippen molar-refractivity contribution in [3.63, 3.8) is 0 Å². The summed E-state index contributed by atoms with van der Waals surface area (Å²) < 4.78 is 5.16. The van der Waals surface area contributed by atoms with E-state index in [1.807, 2.05) is 20.8 Å². The van der Waals surface area contributed by atoms with Gasteiger partial charge in [-0.25, -0.2) is 4.79 Å². The van der Waals surface area contributed by atoms with Crippen LogP contribution in [0.1, 0.15) is 40.0 Å². The third kappa shape index (κ3) is 5.95. The molecule has 0 aromatic carbocycles. The lowest BCUT2D eigenvalue weighted by molar-refractivity contribution is 0.0524. The van der Waals surface area contributed by atoms with Crippen molar-refractivity contribution in [2.24, 2.45) is 5.92 Å². The van der Waals surface area contributed by atoms with Gasteiger partial charge in [0, 0.05) is 6.54 Å². The van der Waals surface area contributed by atoms with Crippen LogP contribution in [0.4, 0.5) is 4.79 Å². The number of alkyl carbamates (subject to hydrolysis) is 1. The smallest absolute Gasteiger partial charge is 0.407 e. The Morgan fingerprint density at radius 3 is 2.81 bits per heavy atom. The SMILES string of the molecule is CC(C)(C)OC(=O)NCC[C@@H]1CCCNC1. The Labute approximate surface area is 98.1 Å². The van der Waals surface area contributed by atoms with Crippen LogP contribution >= 0.6 is 0 Å². The van der Waals surface area contributed by atoms with Crippen LogP contribution < -0.4 is 10.6 Å². The van der Waals surface area contributed by atoms with E-state index in [-0.39, 0.29) is 6.09 Å². The molecular formula is C12H24N2O2. The zero-order valence-electron chi connectivity index (χ0n) is 10.6. The molecular weight excluding hydrogens is 204 g/mol. The fourth-order valence-electron chi connectivity index (χ4n) is 1.86. The molecule has 1 atom stereocenters. The minimum atomic E-state index is -0.406. The van der Waals surface area contributed by atoms with E-state index in [9.17, 15) is 4.79 Å². The van der Waals surface area contributed by atoms with Crippen LogP contribution in [-0.4, -0.2) is 31.3 Å². The number of amides is 1. The van der Waals surface area contributed by atoms with Gasteiger partial charge in [-0.3, -0.25) is 0 Å². The van der Waals surface area contributed by atoms with Crippen LogP contribution in [0, 0.1) is 5.92 Å². The molecule has 0 unspecified atom stereocenters. The molecule has 4 nitrogen and oxygen atoms in total. The van der Waals surface area contributed by atoms with Crippen molar-refractivity contribution in [2.45, 2.75) is 45.6 Å². The predicted octanol–water partition coefficient (Wildman–Crippen LogP) is 1.90. The molecule has 1 amide bonds. The normalized spacial score (nSPS) is 21.6. The van der Waals surface area contributed by atoms with Gasteiger partial charge in [0.05, 0.1) is 0 Å². The fraction of sp³-hybridized carbons (Fsp3) is 0.917. The van der Waals surface area contributed by atoms with E-state index in [1.54, 1.807) is 0 Å². The van der Waals surface area contributed by atoms with E-state index in [0.29, 0.717) is 12.5 Å². The molecule has 1 saturated heterocycles. The van der Waals surface area contributed by atoms with Gasteiger partial charge in [0.1, 0.15) is 5.60 Å². The Balaban J connectivity index is 2.08. The molecule has 1 rings (SSSR count). The van der Waals surface area contributed by atoms with Gasteiger partial charge in [-0.2, -0.15) is 0 Å². The van der Waals surface area contributed by atoms with Gasteiger partial charge in [0.15, 0.2) is 0 Å². The summed E-state index contributed by atoms with van der Waals surface area (Å²) in [6.45, 7) is 8.54. The highest BCUT2D eigenvalue weighted by atomic mass is 16.6. The minimum Gasteiger partial charge on any atom is -0.444 e. The summed E-state index contributed by atoms with van der Waals surface area (Å²) in [6.07, 6.45) is 3.24. The number of piperidine rings is 1. The second-order valence-corrected chi connectivity index (χ2v) is 5.43. The first-order valence-corrected chi connectivity index (χ1v) is 6.15. The molecule has 1 aliphatic heterocycles. The highest BCUT2D eigenvalue weighted by molar-refractivity contribution is 5.67. The second kappa shape index (κ2) is 6.09. The largest absolute Gasteiger partial charge is 0.444 e. The van der Waals surface area contributed by atoms with Gasteiger partial charge in [-0.05, 0) is 59.0 Å². The molecule has 4 heteroatoms. The lowest BCUT2D eigenvalue weighted by Gasteiger charge is -2.23. The Kier molecular flexibility index (Phi) is 5.06. The van der Waals surface area contributed by atoms with Crippen LogP contribution in [0.15, 0.2) is 0 Å². The van der Waals surface area contributed by atoms with Crippen LogP contribution in [-0.2, 0) is 4.74 Å². The predicted molar refractivity (Wildman–Crippen MR) is 64.4 cm³/mol. The Morgan fingerprint density at radius 2 is 2.25 bits per heavy atom. The van der Waals surface area contributed by atoms with Gasteiger partial charge in [0.25, 0.3) is 0 Å². The quantitative estimate of drug-likeness (QED) is 0.775. The monoisotopic (exact) mass is 228 g/mol. The summed E-state index contributed by atoms with van der Waals surface area (Å²) in [5.41, 5.74) is -0.406. The molecule has 1 fully saturated rings. The van der Waals surface area contributed by atoms with Crippen molar-refractivity contribution in [3.8, 4) is 0 Å². The summed E-state index contributed by atoms with van der Waals surface area (Å²) in [7, 11) is 0.